The van der Waals surface area contributed by atoms with E-state index in [2.05, 4.69) is 19.2 Å². The number of halogens is 3. The Kier molecular flexibility index (Phi) is 7.66. The molecule has 1 aliphatic carbocycles. The fourth-order valence-electron chi connectivity index (χ4n) is 3.22. The average molecular weight is 414 g/mol. The van der Waals surface area contributed by atoms with E-state index in [-0.39, 0.29) is 5.56 Å². The van der Waals surface area contributed by atoms with Crippen LogP contribution in [0.25, 0.3) is 0 Å². The van der Waals surface area contributed by atoms with Gasteiger partial charge in [-0.25, -0.2) is 4.79 Å². The molecule has 0 amide bonds. The Morgan fingerprint density at radius 3 is 2.59 bits per heavy atom. The van der Waals surface area contributed by atoms with Crippen LogP contribution in [0.1, 0.15) is 37.1 Å². The minimum atomic E-state index is -5.08. The number of hydrogen-bond donors (Lipinski definition) is 2. The van der Waals surface area contributed by atoms with E-state index < -0.39 is 12.1 Å². The summed E-state index contributed by atoms with van der Waals surface area (Å²) >= 11 is 0. The Morgan fingerprint density at radius 1 is 1.34 bits per heavy atom. The van der Waals surface area contributed by atoms with E-state index in [1.54, 1.807) is 18.6 Å². The topological polar surface area (TPSA) is 84.5 Å². The molecule has 0 saturated heterocycles. The van der Waals surface area contributed by atoms with Crippen molar-refractivity contribution in [1.82, 2.24) is 9.88 Å². The summed E-state index contributed by atoms with van der Waals surface area (Å²) in [6, 6.07) is 6.19. The van der Waals surface area contributed by atoms with Crippen LogP contribution in [0.4, 0.5) is 13.2 Å². The highest BCUT2D eigenvalue weighted by atomic mass is 19.4. The second-order valence-electron chi connectivity index (χ2n) is 7.40. The summed E-state index contributed by atoms with van der Waals surface area (Å²) in [7, 11) is 0. The molecule has 0 aromatic carbocycles. The maximum atomic E-state index is 12.1. The lowest BCUT2D eigenvalue weighted by Gasteiger charge is -2.28. The molecule has 1 unspecified atom stereocenters. The number of furan rings is 1. The molecule has 0 fully saturated rings. The van der Waals surface area contributed by atoms with Crippen LogP contribution in [0.3, 0.4) is 0 Å². The molecular formula is C20H25F3N2O4. The molecule has 2 heterocycles. The van der Waals surface area contributed by atoms with Crippen LogP contribution in [-0.2, 0) is 30.7 Å². The zero-order valence-corrected chi connectivity index (χ0v) is 16.3. The molecule has 0 aliphatic heterocycles. The lowest BCUT2D eigenvalue weighted by atomic mass is 9.91. The number of aliphatic carboxylic acids is 1. The molecule has 1 atom stereocenters. The number of carboxylic acid groups (broad SMARTS) is 1. The number of aromatic nitrogens is 1. The van der Waals surface area contributed by atoms with Crippen molar-refractivity contribution in [2.24, 2.45) is 5.92 Å². The van der Waals surface area contributed by atoms with Crippen LogP contribution in [0.2, 0.25) is 0 Å². The van der Waals surface area contributed by atoms with Crippen LogP contribution in [0.15, 0.2) is 39.9 Å². The normalized spacial score (nSPS) is 16.1. The van der Waals surface area contributed by atoms with Crippen molar-refractivity contribution in [2.75, 3.05) is 0 Å². The Hall–Kier alpha value is -2.55. The summed E-state index contributed by atoms with van der Waals surface area (Å²) < 4.78 is 38.8. The van der Waals surface area contributed by atoms with Crippen molar-refractivity contribution in [1.29, 1.82) is 0 Å². The summed E-state index contributed by atoms with van der Waals surface area (Å²) in [5.41, 5.74) is 3.87. The number of rotatable bonds is 5. The highest BCUT2D eigenvalue weighted by molar-refractivity contribution is 5.73. The third-order valence-electron chi connectivity index (χ3n) is 4.55. The maximum Gasteiger partial charge on any atom is 0.490 e. The zero-order chi connectivity index (χ0) is 21.6. The number of nitrogens with one attached hydrogen (secondary N) is 1. The van der Waals surface area contributed by atoms with Crippen LogP contribution >= 0.6 is 0 Å². The maximum absolute atomic E-state index is 12.1. The summed E-state index contributed by atoms with van der Waals surface area (Å²) in [5.74, 6) is -2.27. The van der Waals surface area contributed by atoms with Gasteiger partial charge in [0.1, 0.15) is 0 Å². The van der Waals surface area contributed by atoms with Gasteiger partial charge in [0.15, 0.2) is 0 Å². The van der Waals surface area contributed by atoms with Crippen molar-refractivity contribution in [3.05, 3.63) is 57.9 Å². The van der Waals surface area contributed by atoms with E-state index >= 15 is 0 Å². The van der Waals surface area contributed by atoms with Crippen LogP contribution < -0.4 is 10.9 Å². The highest BCUT2D eigenvalue weighted by Crippen LogP contribution is 2.21. The van der Waals surface area contributed by atoms with E-state index in [1.165, 1.54) is 16.8 Å². The molecule has 2 aromatic rings. The van der Waals surface area contributed by atoms with Crippen LogP contribution in [0.5, 0.6) is 0 Å². The fraction of sp³-hybridized carbons (Fsp3) is 0.500. The summed E-state index contributed by atoms with van der Waals surface area (Å²) in [4.78, 5) is 21.0. The third kappa shape index (κ3) is 6.77. The SMILES string of the molecule is CC(C)Cn1c2c(ccc1=O)CC(NCc1ccoc1)CC2.O=C(O)C(F)(F)F. The van der Waals surface area contributed by atoms with Gasteiger partial charge < -0.3 is 19.4 Å². The number of carboxylic acids is 1. The summed E-state index contributed by atoms with van der Waals surface area (Å²) in [6.07, 6.45) is 1.45. The van der Waals surface area contributed by atoms with Crippen molar-refractivity contribution in [3.8, 4) is 0 Å². The van der Waals surface area contributed by atoms with E-state index in [0.717, 1.165) is 32.4 Å². The van der Waals surface area contributed by atoms with Gasteiger partial charge in [0.05, 0.1) is 12.5 Å². The monoisotopic (exact) mass is 414 g/mol. The molecule has 2 aromatic heterocycles. The van der Waals surface area contributed by atoms with E-state index in [1.807, 2.05) is 16.7 Å². The molecule has 0 saturated carbocycles. The Bertz CT molecular complexity index is 858. The minimum absolute atomic E-state index is 0.136. The first-order chi connectivity index (χ1) is 13.6. The molecular weight excluding hydrogens is 389 g/mol. The smallest absolute Gasteiger partial charge is 0.475 e. The van der Waals surface area contributed by atoms with Crippen LogP contribution in [0, 0.1) is 5.92 Å². The Balaban J connectivity index is 0.000000370. The molecule has 6 nitrogen and oxygen atoms in total. The molecule has 3 rings (SSSR count). The van der Waals surface area contributed by atoms with E-state index in [4.69, 9.17) is 14.3 Å². The molecule has 0 spiro atoms. The quantitative estimate of drug-likeness (QED) is 0.784. The van der Waals surface area contributed by atoms with Crippen LogP contribution in [-0.4, -0.2) is 27.9 Å². The van der Waals surface area contributed by atoms with Gasteiger partial charge in [-0.15, -0.1) is 0 Å². The fourth-order valence-corrected chi connectivity index (χ4v) is 3.22. The van der Waals surface area contributed by atoms with Crippen molar-refractivity contribution in [2.45, 2.75) is 58.4 Å². The molecule has 0 bridgehead atoms. The first-order valence-electron chi connectivity index (χ1n) is 9.34. The van der Waals surface area contributed by atoms with Gasteiger partial charge in [0.25, 0.3) is 5.56 Å². The Labute approximate surface area is 166 Å². The minimum Gasteiger partial charge on any atom is -0.475 e. The summed E-state index contributed by atoms with van der Waals surface area (Å²) in [5, 5.41) is 10.7. The zero-order valence-electron chi connectivity index (χ0n) is 16.3. The van der Waals surface area contributed by atoms with Gasteiger partial charge in [0.2, 0.25) is 0 Å². The standard InChI is InChI=1S/C18H24N2O2.C2HF3O2/c1-13(2)11-20-17-5-4-16(9-15(17)3-6-18(20)21)19-10-14-7-8-22-12-14;3-2(4,5)1(6)7/h3,6-8,12-13,16,19H,4-5,9-11H2,1-2H3;(H,6,7). The number of fused-ring (bicyclic) bond motifs is 1. The number of nitrogens with zero attached hydrogens (tertiary/aromatic N) is 1. The van der Waals surface area contributed by atoms with Gasteiger partial charge in [-0.3, -0.25) is 4.79 Å². The number of pyridine rings is 1. The number of hydrogen-bond acceptors (Lipinski definition) is 4. The first-order valence-corrected chi connectivity index (χ1v) is 9.34. The van der Waals surface area contributed by atoms with Gasteiger partial charge >= 0.3 is 12.1 Å². The van der Waals surface area contributed by atoms with Gasteiger partial charge in [-0.2, -0.15) is 13.2 Å². The Morgan fingerprint density at radius 2 is 2.03 bits per heavy atom. The van der Waals surface area contributed by atoms with Gasteiger partial charge in [-0.05, 0) is 36.8 Å². The lowest BCUT2D eigenvalue weighted by molar-refractivity contribution is -0.192. The van der Waals surface area contributed by atoms with Crippen molar-refractivity contribution >= 4 is 5.97 Å². The number of carbonyl (C=O) groups is 1. The molecule has 2 N–H and O–H groups in total. The van der Waals surface area contributed by atoms with Crippen molar-refractivity contribution in [3.63, 3.8) is 0 Å². The van der Waals surface area contributed by atoms with E-state index in [0.29, 0.717) is 12.0 Å². The van der Waals surface area contributed by atoms with Gasteiger partial charge in [-0.1, -0.05) is 19.9 Å². The predicted molar refractivity (Wildman–Crippen MR) is 101 cm³/mol. The average Bonchev–Trinajstić information content (AvgIpc) is 3.15. The third-order valence-corrected chi connectivity index (χ3v) is 4.55. The molecule has 0 radical (unpaired) electrons. The van der Waals surface area contributed by atoms with E-state index in [9.17, 15) is 18.0 Å². The second kappa shape index (κ2) is 9.78. The molecule has 29 heavy (non-hydrogen) atoms. The lowest BCUT2D eigenvalue weighted by Crippen LogP contribution is -2.37. The second-order valence-corrected chi connectivity index (χ2v) is 7.40. The highest BCUT2D eigenvalue weighted by Gasteiger charge is 2.38. The van der Waals surface area contributed by atoms with Gasteiger partial charge in [0, 0.05) is 36.5 Å². The first kappa shape index (κ1) is 22.7. The van der Waals surface area contributed by atoms with Crippen molar-refractivity contribution < 1.29 is 27.5 Å². The molecule has 9 heteroatoms. The molecule has 160 valence electrons. The predicted octanol–water partition coefficient (Wildman–Crippen LogP) is 3.38. The summed E-state index contributed by atoms with van der Waals surface area (Å²) in [6.45, 7) is 5.96. The number of alkyl halides is 3. The molecule has 1 aliphatic rings. The largest absolute Gasteiger partial charge is 0.490 e.